The molecule has 2 amide bonds. The van der Waals surface area contributed by atoms with Gasteiger partial charge in [-0.25, -0.2) is 4.79 Å². The number of thiophene rings is 1. The number of methoxy groups -OCH3 is 1. The predicted molar refractivity (Wildman–Crippen MR) is 98.2 cm³/mol. The molecule has 3 rings (SSSR count). The average molecular weight is 366 g/mol. The third kappa shape index (κ3) is 4.41. The number of carbonyl (C=O) groups is 1. The van der Waals surface area contributed by atoms with Crippen LogP contribution in [-0.4, -0.2) is 49.1 Å². The summed E-state index contributed by atoms with van der Waals surface area (Å²) in [4.78, 5) is 17.8. The van der Waals surface area contributed by atoms with Gasteiger partial charge in [-0.2, -0.15) is 0 Å². The Labute approximate surface area is 150 Å². The Morgan fingerprint density at radius 3 is 2.71 bits per heavy atom. The van der Waals surface area contributed by atoms with Gasteiger partial charge in [-0.05, 0) is 24.3 Å². The number of rotatable bonds is 4. The number of ether oxygens (including phenoxy) is 1. The van der Waals surface area contributed by atoms with Gasteiger partial charge < -0.3 is 15.0 Å². The van der Waals surface area contributed by atoms with Gasteiger partial charge in [0.2, 0.25) is 0 Å². The largest absolute Gasteiger partial charge is 0.497 e. The molecule has 0 bridgehead atoms. The number of halogens is 1. The van der Waals surface area contributed by atoms with Crippen LogP contribution in [-0.2, 0) is 6.54 Å². The highest BCUT2D eigenvalue weighted by Crippen LogP contribution is 2.23. The Hall–Kier alpha value is -1.76. The van der Waals surface area contributed by atoms with Crippen LogP contribution in [0, 0.1) is 0 Å². The lowest BCUT2D eigenvalue weighted by Crippen LogP contribution is -2.49. The highest BCUT2D eigenvalue weighted by Gasteiger charge is 2.21. The smallest absolute Gasteiger partial charge is 0.321 e. The van der Waals surface area contributed by atoms with E-state index in [-0.39, 0.29) is 6.03 Å². The molecule has 2 heterocycles. The lowest BCUT2D eigenvalue weighted by molar-refractivity contribution is 0.143. The van der Waals surface area contributed by atoms with Crippen LogP contribution in [0.3, 0.4) is 0 Å². The van der Waals surface area contributed by atoms with Crippen molar-refractivity contribution in [3.05, 3.63) is 45.6 Å². The van der Waals surface area contributed by atoms with Gasteiger partial charge in [-0.3, -0.25) is 4.90 Å². The number of hydrogen-bond acceptors (Lipinski definition) is 4. The normalized spacial score (nSPS) is 15.3. The van der Waals surface area contributed by atoms with Gasteiger partial charge in [-0.15, -0.1) is 11.3 Å². The quantitative estimate of drug-likeness (QED) is 0.897. The van der Waals surface area contributed by atoms with E-state index in [1.54, 1.807) is 18.4 Å². The summed E-state index contributed by atoms with van der Waals surface area (Å²) in [5, 5.41) is 2.93. The molecule has 1 fully saturated rings. The maximum absolute atomic E-state index is 12.4. The first kappa shape index (κ1) is 17.1. The zero-order valence-corrected chi connectivity index (χ0v) is 15.1. The molecule has 0 aliphatic carbocycles. The van der Waals surface area contributed by atoms with E-state index < -0.39 is 0 Å². The Morgan fingerprint density at radius 2 is 2.04 bits per heavy atom. The zero-order valence-electron chi connectivity index (χ0n) is 13.5. The lowest BCUT2D eigenvalue weighted by atomic mass is 10.3. The number of amides is 2. The number of urea groups is 1. The zero-order chi connectivity index (χ0) is 16.9. The highest BCUT2D eigenvalue weighted by molar-refractivity contribution is 7.16. The molecule has 1 aliphatic heterocycles. The van der Waals surface area contributed by atoms with Crippen molar-refractivity contribution in [2.75, 3.05) is 38.6 Å². The van der Waals surface area contributed by atoms with Gasteiger partial charge >= 0.3 is 6.03 Å². The molecule has 0 unspecified atom stereocenters. The van der Waals surface area contributed by atoms with E-state index in [1.807, 2.05) is 35.2 Å². The number of carbonyl (C=O) groups excluding carboxylic acids is 1. The fourth-order valence-corrected chi connectivity index (χ4v) is 3.80. The summed E-state index contributed by atoms with van der Waals surface area (Å²) in [6, 6.07) is 11.3. The minimum absolute atomic E-state index is 0.0675. The number of nitrogens with one attached hydrogen (secondary N) is 1. The van der Waals surface area contributed by atoms with Crippen LogP contribution in [0.5, 0.6) is 5.75 Å². The van der Waals surface area contributed by atoms with Gasteiger partial charge in [0.15, 0.2) is 0 Å². The fourth-order valence-electron chi connectivity index (χ4n) is 2.67. The van der Waals surface area contributed by atoms with E-state index in [0.29, 0.717) is 0 Å². The van der Waals surface area contributed by atoms with Crippen molar-refractivity contribution in [1.29, 1.82) is 0 Å². The van der Waals surface area contributed by atoms with Crippen LogP contribution in [0.25, 0.3) is 0 Å². The first-order valence-electron chi connectivity index (χ1n) is 7.80. The summed E-state index contributed by atoms with van der Waals surface area (Å²) in [6.45, 7) is 4.05. The van der Waals surface area contributed by atoms with E-state index in [9.17, 15) is 4.79 Å². The van der Waals surface area contributed by atoms with Crippen LogP contribution >= 0.6 is 22.9 Å². The van der Waals surface area contributed by atoms with Gasteiger partial charge in [0, 0.05) is 49.4 Å². The molecule has 1 aliphatic rings. The molecule has 0 radical (unpaired) electrons. The molecule has 128 valence electrons. The molecule has 7 heteroatoms. The van der Waals surface area contributed by atoms with Gasteiger partial charge in [0.05, 0.1) is 11.4 Å². The molecule has 1 N–H and O–H groups in total. The third-order valence-electron chi connectivity index (χ3n) is 3.99. The number of nitrogens with zero attached hydrogens (tertiary/aromatic N) is 2. The first-order chi connectivity index (χ1) is 11.6. The fraction of sp³-hybridized carbons (Fsp3) is 0.353. The molecule has 5 nitrogen and oxygen atoms in total. The summed E-state index contributed by atoms with van der Waals surface area (Å²) in [7, 11) is 1.61. The molecular formula is C17H20ClN3O2S. The van der Waals surface area contributed by atoms with Crippen LogP contribution in [0.15, 0.2) is 36.4 Å². The molecule has 1 aromatic heterocycles. The molecule has 1 aromatic carbocycles. The number of anilines is 1. The van der Waals surface area contributed by atoms with Gasteiger partial charge in [0.25, 0.3) is 0 Å². The minimum atomic E-state index is -0.0675. The standard InChI is InChI=1S/C17H20ClN3O2S/c1-23-14-4-2-3-13(11-14)19-17(22)21-9-7-20(8-10-21)12-15-5-6-16(18)24-15/h2-6,11H,7-10,12H2,1H3,(H,19,22). The van der Waals surface area contributed by atoms with Crippen molar-refractivity contribution >= 4 is 34.7 Å². The molecule has 24 heavy (non-hydrogen) atoms. The predicted octanol–water partition coefficient (Wildman–Crippen LogP) is 3.76. The van der Waals surface area contributed by atoms with E-state index in [0.717, 1.165) is 48.5 Å². The topological polar surface area (TPSA) is 44.8 Å². The summed E-state index contributed by atoms with van der Waals surface area (Å²) in [5.41, 5.74) is 0.745. The molecular weight excluding hydrogens is 346 g/mol. The summed E-state index contributed by atoms with van der Waals surface area (Å²) in [6.07, 6.45) is 0. The number of hydrogen-bond donors (Lipinski definition) is 1. The summed E-state index contributed by atoms with van der Waals surface area (Å²) < 4.78 is 5.99. The highest BCUT2D eigenvalue weighted by atomic mass is 35.5. The van der Waals surface area contributed by atoms with Crippen LogP contribution in [0.1, 0.15) is 4.88 Å². The Kier molecular flexibility index (Phi) is 5.60. The summed E-state index contributed by atoms with van der Waals surface area (Å²) >= 11 is 7.58. The second-order valence-corrected chi connectivity index (χ2v) is 7.43. The van der Waals surface area contributed by atoms with E-state index in [1.165, 1.54) is 4.88 Å². The van der Waals surface area contributed by atoms with E-state index in [2.05, 4.69) is 16.3 Å². The second-order valence-electron chi connectivity index (χ2n) is 5.63. The maximum atomic E-state index is 12.4. The van der Waals surface area contributed by atoms with Crippen molar-refractivity contribution in [3.63, 3.8) is 0 Å². The van der Waals surface area contributed by atoms with Crippen molar-refractivity contribution < 1.29 is 9.53 Å². The minimum Gasteiger partial charge on any atom is -0.497 e. The Bertz CT molecular complexity index is 699. The summed E-state index contributed by atoms with van der Waals surface area (Å²) in [5.74, 6) is 0.729. The van der Waals surface area contributed by atoms with E-state index in [4.69, 9.17) is 16.3 Å². The monoisotopic (exact) mass is 365 g/mol. The van der Waals surface area contributed by atoms with Crippen molar-refractivity contribution in [2.45, 2.75) is 6.54 Å². The third-order valence-corrected chi connectivity index (χ3v) is 5.20. The SMILES string of the molecule is COc1cccc(NC(=O)N2CCN(Cc3ccc(Cl)s3)CC2)c1. The number of benzene rings is 1. The van der Waals surface area contributed by atoms with Gasteiger partial charge in [0.1, 0.15) is 5.75 Å². The van der Waals surface area contributed by atoms with Crippen LogP contribution in [0.4, 0.5) is 10.5 Å². The average Bonchev–Trinajstić information content (AvgIpc) is 3.00. The lowest BCUT2D eigenvalue weighted by Gasteiger charge is -2.34. The second kappa shape index (κ2) is 7.88. The Morgan fingerprint density at radius 1 is 1.25 bits per heavy atom. The van der Waals surface area contributed by atoms with Crippen LogP contribution < -0.4 is 10.1 Å². The maximum Gasteiger partial charge on any atom is 0.321 e. The van der Waals surface area contributed by atoms with Crippen molar-refractivity contribution in [2.24, 2.45) is 0 Å². The van der Waals surface area contributed by atoms with Gasteiger partial charge in [-0.1, -0.05) is 17.7 Å². The molecule has 2 aromatic rings. The van der Waals surface area contributed by atoms with E-state index >= 15 is 0 Å². The van der Waals surface area contributed by atoms with Crippen molar-refractivity contribution in [1.82, 2.24) is 9.80 Å². The molecule has 0 atom stereocenters. The molecule has 0 spiro atoms. The Balaban J connectivity index is 1.49. The van der Waals surface area contributed by atoms with Crippen molar-refractivity contribution in [3.8, 4) is 5.75 Å². The first-order valence-corrected chi connectivity index (χ1v) is 9.00. The number of piperazine rings is 1. The molecule has 0 saturated carbocycles. The van der Waals surface area contributed by atoms with Crippen LogP contribution in [0.2, 0.25) is 4.34 Å². The molecule has 1 saturated heterocycles.